The molecule has 1 aliphatic rings. The van der Waals surface area contributed by atoms with Crippen LogP contribution in [0.5, 0.6) is 0 Å². The smallest absolute Gasteiger partial charge is 0.268 e. The topological polar surface area (TPSA) is 54.3 Å². The van der Waals surface area contributed by atoms with Gasteiger partial charge in [0.05, 0.1) is 5.60 Å². The van der Waals surface area contributed by atoms with Gasteiger partial charge in [-0.3, -0.25) is 4.79 Å². The normalized spacial score (nSPS) is 20.6. The Morgan fingerprint density at radius 3 is 2.83 bits per heavy atom. The summed E-state index contributed by atoms with van der Waals surface area (Å²) < 4.78 is 1.97. The van der Waals surface area contributed by atoms with E-state index in [0.717, 1.165) is 25.1 Å². The van der Waals surface area contributed by atoms with E-state index in [0.29, 0.717) is 18.0 Å². The quantitative estimate of drug-likeness (QED) is 0.855. The molecular weight excluding hydrogens is 308 g/mol. The first kappa shape index (κ1) is 16.1. The molecule has 2 heterocycles. The number of hydrogen-bond acceptors (Lipinski definition) is 3. The van der Waals surface area contributed by atoms with E-state index in [2.05, 4.69) is 17.4 Å². The molecule has 4 nitrogen and oxygen atoms in total. The second-order valence-corrected chi connectivity index (χ2v) is 7.14. The molecule has 1 aliphatic heterocycles. The van der Waals surface area contributed by atoms with Gasteiger partial charge in [-0.15, -0.1) is 0 Å². The number of benzene rings is 1. The van der Waals surface area contributed by atoms with Gasteiger partial charge in [-0.2, -0.15) is 11.8 Å². The summed E-state index contributed by atoms with van der Waals surface area (Å²) in [6.07, 6.45) is 3.56. The van der Waals surface area contributed by atoms with Crippen molar-refractivity contribution in [1.82, 2.24) is 9.88 Å². The van der Waals surface area contributed by atoms with Gasteiger partial charge in [0.1, 0.15) is 5.69 Å². The molecule has 122 valence electrons. The third kappa shape index (κ3) is 4.18. The summed E-state index contributed by atoms with van der Waals surface area (Å²) in [5.74, 6) is 1.54. The number of carbonyl (C=O) groups excluding carboxylic acids is 1. The molecule has 1 atom stereocenters. The van der Waals surface area contributed by atoms with Gasteiger partial charge in [0, 0.05) is 25.0 Å². The SMILES string of the molecule is O=C(NCC1(O)CCSC1)c1cccn1CCc1ccccc1. The Morgan fingerprint density at radius 1 is 1.26 bits per heavy atom. The van der Waals surface area contributed by atoms with Crippen LogP contribution in [0.2, 0.25) is 0 Å². The fourth-order valence-electron chi connectivity index (χ4n) is 2.78. The molecule has 3 rings (SSSR count). The molecule has 1 aromatic heterocycles. The predicted octanol–water partition coefficient (Wildman–Crippen LogP) is 2.33. The van der Waals surface area contributed by atoms with Gasteiger partial charge in [-0.1, -0.05) is 30.3 Å². The highest BCUT2D eigenvalue weighted by Crippen LogP contribution is 2.27. The Balaban J connectivity index is 1.57. The van der Waals surface area contributed by atoms with Gasteiger partial charge in [0.2, 0.25) is 0 Å². The Bertz CT molecular complexity index is 648. The monoisotopic (exact) mass is 330 g/mol. The molecular formula is C18H22N2O2S. The number of hydrogen-bond donors (Lipinski definition) is 2. The zero-order valence-corrected chi connectivity index (χ0v) is 13.9. The van der Waals surface area contributed by atoms with E-state index in [4.69, 9.17) is 0 Å². The minimum absolute atomic E-state index is 0.117. The second-order valence-electron chi connectivity index (χ2n) is 6.03. The Labute approximate surface area is 140 Å². The number of aliphatic hydroxyl groups is 1. The summed E-state index contributed by atoms with van der Waals surface area (Å²) in [5.41, 5.74) is 1.15. The van der Waals surface area contributed by atoms with Crippen LogP contribution in [-0.2, 0) is 13.0 Å². The summed E-state index contributed by atoms with van der Waals surface area (Å²) in [5, 5.41) is 13.2. The van der Waals surface area contributed by atoms with Crippen LogP contribution in [0.3, 0.4) is 0 Å². The van der Waals surface area contributed by atoms with Crippen molar-refractivity contribution in [3.63, 3.8) is 0 Å². The van der Waals surface area contributed by atoms with Gasteiger partial charge >= 0.3 is 0 Å². The van der Waals surface area contributed by atoms with E-state index in [1.807, 2.05) is 41.1 Å². The lowest BCUT2D eigenvalue weighted by Crippen LogP contribution is -2.43. The first-order valence-electron chi connectivity index (χ1n) is 7.94. The summed E-state index contributed by atoms with van der Waals surface area (Å²) >= 11 is 1.73. The van der Waals surface area contributed by atoms with Crippen molar-refractivity contribution in [2.45, 2.75) is 25.0 Å². The maximum atomic E-state index is 12.4. The first-order valence-corrected chi connectivity index (χ1v) is 9.09. The fraction of sp³-hybridized carbons (Fsp3) is 0.389. The maximum Gasteiger partial charge on any atom is 0.268 e. The maximum absolute atomic E-state index is 12.4. The third-order valence-electron chi connectivity index (χ3n) is 4.21. The summed E-state index contributed by atoms with van der Waals surface area (Å²) in [6.45, 7) is 1.09. The van der Waals surface area contributed by atoms with E-state index in [1.165, 1.54) is 5.56 Å². The van der Waals surface area contributed by atoms with Crippen LogP contribution < -0.4 is 5.32 Å². The first-order chi connectivity index (χ1) is 11.2. The number of nitrogens with zero attached hydrogens (tertiary/aromatic N) is 1. The van der Waals surface area contributed by atoms with E-state index in [-0.39, 0.29) is 5.91 Å². The Morgan fingerprint density at radius 2 is 2.09 bits per heavy atom. The molecule has 2 aromatic rings. The zero-order chi connectivity index (χ0) is 16.1. The third-order valence-corrected chi connectivity index (χ3v) is 5.44. The zero-order valence-electron chi connectivity index (χ0n) is 13.1. The molecule has 1 unspecified atom stereocenters. The van der Waals surface area contributed by atoms with Crippen molar-refractivity contribution in [3.8, 4) is 0 Å². The highest BCUT2D eigenvalue weighted by atomic mass is 32.2. The van der Waals surface area contributed by atoms with E-state index >= 15 is 0 Å². The van der Waals surface area contributed by atoms with Crippen LogP contribution in [0.4, 0.5) is 0 Å². The number of rotatable bonds is 6. The average molecular weight is 330 g/mol. The minimum Gasteiger partial charge on any atom is -0.387 e. The van der Waals surface area contributed by atoms with Crippen LogP contribution in [0, 0.1) is 0 Å². The molecule has 1 fully saturated rings. The number of thioether (sulfide) groups is 1. The van der Waals surface area contributed by atoms with E-state index in [1.54, 1.807) is 11.8 Å². The van der Waals surface area contributed by atoms with Gasteiger partial charge in [0.15, 0.2) is 0 Å². The fourth-order valence-corrected chi connectivity index (χ4v) is 4.08. The number of carbonyl (C=O) groups is 1. The lowest BCUT2D eigenvalue weighted by Gasteiger charge is -2.21. The minimum atomic E-state index is -0.748. The molecule has 0 saturated carbocycles. The van der Waals surface area contributed by atoms with Gasteiger partial charge < -0.3 is 15.0 Å². The standard InChI is InChI=1S/C18H22N2O2S/c21-17(19-13-18(22)9-12-23-14-18)16-7-4-10-20(16)11-8-15-5-2-1-3-6-15/h1-7,10,22H,8-9,11-14H2,(H,19,21). The van der Waals surface area contributed by atoms with Crippen LogP contribution >= 0.6 is 11.8 Å². The van der Waals surface area contributed by atoms with Gasteiger partial charge in [0.25, 0.3) is 5.91 Å². The van der Waals surface area contributed by atoms with Crippen molar-refractivity contribution in [2.75, 3.05) is 18.1 Å². The molecule has 0 spiro atoms. The lowest BCUT2D eigenvalue weighted by molar-refractivity contribution is 0.0609. The average Bonchev–Trinajstić information content (AvgIpc) is 3.21. The predicted molar refractivity (Wildman–Crippen MR) is 93.8 cm³/mol. The molecule has 23 heavy (non-hydrogen) atoms. The van der Waals surface area contributed by atoms with Crippen molar-refractivity contribution >= 4 is 17.7 Å². The molecule has 1 saturated heterocycles. The van der Waals surface area contributed by atoms with Crippen LogP contribution in [0.15, 0.2) is 48.7 Å². The van der Waals surface area contributed by atoms with Crippen LogP contribution in [0.1, 0.15) is 22.5 Å². The molecule has 0 aliphatic carbocycles. The molecule has 5 heteroatoms. The molecule has 1 amide bonds. The Hall–Kier alpha value is -1.72. The van der Waals surface area contributed by atoms with Gasteiger partial charge in [-0.05, 0) is 36.3 Å². The highest BCUT2D eigenvalue weighted by Gasteiger charge is 2.32. The highest BCUT2D eigenvalue weighted by molar-refractivity contribution is 7.99. The van der Waals surface area contributed by atoms with Crippen molar-refractivity contribution in [1.29, 1.82) is 0 Å². The number of amides is 1. The molecule has 1 aromatic carbocycles. The van der Waals surface area contributed by atoms with E-state index < -0.39 is 5.60 Å². The summed E-state index contributed by atoms with van der Waals surface area (Å²) in [7, 11) is 0. The largest absolute Gasteiger partial charge is 0.387 e. The Kier molecular flexibility index (Phi) is 5.08. The second kappa shape index (κ2) is 7.23. The number of nitrogens with one attached hydrogen (secondary N) is 1. The van der Waals surface area contributed by atoms with Crippen molar-refractivity contribution < 1.29 is 9.90 Å². The van der Waals surface area contributed by atoms with E-state index in [9.17, 15) is 9.90 Å². The number of aryl methyl sites for hydroxylation is 2. The van der Waals surface area contributed by atoms with Crippen molar-refractivity contribution in [3.05, 3.63) is 59.9 Å². The summed E-state index contributed by atoms with van der Waals surface area (Å²) in [6, 6.07) is 14.0. The van der Waals surface area contributed by atoms with Crippen LogP contribution in [-0.4, -0.2) is 39.2 Å². The number of aromatic nitrogens is 1. The summed E-state index contributed by atoms with van der Waals surface area (Å²) in [4.78, 5) is 12.4. The molecule has 2 N–H and O–H groups in total. The van der Waals surface area contributed by atoms with Crippen LogP contribution in [0.25, 0.3) is 0 Å². The van der Waals surface area contributed by atoms with Gasteiger partial charge in [-0.25, -0.2) is 0 Å². The molecule has 0 bridgehead atoms. The molecule has 0 radical (unpaired) electrons. The van der Waals surface area contributed by atoms with Crippen molar-refractivity contribution in [2.24, 2.45) is 0 Å². The lowest BCUT2D eigenvalue weighted by atomic mass is 10.0.